The van der Waals surface area contributed by atoms with Crippen molar-refractivity contribution in [2.24, 2.45) is 5.73 Å². The molecule has 0 aliphatic carbocycles. The summed E-state index contributed by atoms with van der Waals surface area (Å²) in [5.41, 5.74) is 6.34. The predicted octanol–water partition coefficient (Wildman–Crippen LogP) is 1.54. The first-order chi connectivity index (χ1) is 6.19. The number of nitrogens with two attached hydrogens (primary N) is 1. The summed E-state index contributed by atoms with van der Waals surface area (Å²) in [4.78, 5) is 0.557. The van der Waals surface area contributed by atoms with E-state index in [0.717, 1.165) is 5.56 Å². The first-order valence-electron chi connectivity index (χ1n) is 3.89. The monoisotopic (exact) mass is 201 g/mol. The van der Waals surface area contributed by atoms with Crippen LogP contribution in [0.2, 0.25) is 0 Å². The second kappa shape index (κ2) is 4.60. The fourth-order valence-electron chi connectivity index (χ4n) is 1.01. The number of aliphatic hydroxyl groups is 1. The molecule has 72 valence electrons. The highest BCUT2D eigenvalue weighted by atomic mass is 32.2. The van der Waals surface area contributed by atoms with Crippen LogP contribution in [0.15, 0.2) is 23.1 Å². The summed E-state index contributed by atoms with van der Waals surface area (Å²) in [5.74, 6) is -0.249. The van der Waals surface area contributed by atoms with Crippen LogP contribution < -0.4 is 5.73 Å². The van der Waals surface area contributed by atoms with Crippen molar-refractivity contribution in [1.82, 2.24) is 0 Å². The van der Waals surface area contributed by atoms with Gasteiger partial charge < -0.3 is 10.8 Å². The fraction of sp³-hybridized carbons (Fsp3) is 0.333. The van der Waals surface area contributed by atoms with Crippen LogP contribution in [-0.4, -0.2) is 18.0 Å². The van der Waals surface area contributed by atoms with Gasteiger partial charge in [0.05, 0.1) is 12.6 Å². The third-order valence-corrected chi connectivity index (χ3v) is 2.55. The Morgan fingerprint density at radius 3 is 2.85 bits per heavy atom. The molecule has 0 saturated heterocycles. The maximum absolute atomic E-state index is 13.0. The van der Waals surface area contributed by atoms with Crippen molar-refractivity contribution in [3.63, 3.8) is 0 Å². The quantitative estimate of drug-likeness (QED) is 0.729. The molecule has 0 fully saturated rings. The standard InChI is InChI=1S/C9H12FNOS/c1-13-9-4-6(8(11)5-12)2-3-7(9)10/h2-4,8,12H,5,11H2,1H3. The third kappa shape index (κ3) is 2.43. The first-order valence-corrected chi connectivity index (χ1v) is 5.11. The highest BCUT2D eigenvalue weighted by Gasteiger charge is 2.07. The van der Waals surface area contributed by atoms with E-state index in [1.807, 2.05) is 0 Å². The number of halogens is 1. The summed E-state index contributed by atoms with van der Waals surface area (Å²) < 4.78 is 13.0. The first kappa shape index (κ1) is 10.5. The van der Waals surface area contributed by atoms with Crippen molar-refractivity contribution in [3.05, 3.63) is 29.6 Å². The van der Waals surface area contributed by atoms with E-state index in [2.05, 4.69) is 0 Å². The average Bonchev–Trinajstić information content (AvgIpc) is 2.17. The number of hydrogen-bond acceptors (Lipinski definition) is 3. The van der Waals surface area contributed by atoms with Crippen LogP contribution in [0.1, 0.15) is 11.6 Å². The molecule has 0 bridgehead atoms. The molecule has 0 saturated carbocycles. The van der Waals surface area contributed by atoms with Crippen LogP contribution in [0, 0.1) is 5.82 Å². The van der Waals surface area contributed by atoms with E-state index in [0.29, 0.717) is 4.90 Å². The summed E-state index contributed by atoms with van der Waals surface area (Å²) in [7, 11) is 0. The third-order valence-electron chi connectivity index (χ3n) is 1.80. The van der Waals surface area contributed by atoms with Gasteiger partial charge in [-0.1, -0.05) is 6.07 Å². The van der Waals surface area contributed by atoms with Gasteiger partial charge in [0.25, 0.3) is 0 Å². The van der Waals surface area contributed by atoms with Crippen molar-refractivity contribution in [1.29, 1.82) is 0 Å². The molecule has 1 unspecified atom stereocenters. The van der Waals surface area contributed by atoms with E-state index in [1.165, 1.54) is 17.8 Å². The van der Waals surface area contributed by atoms with Gasteiger partial charge in [-0.05, 0) is 24.0 Å². The molecular weight excluding hydrogens is 189 g/mol. The largest absolute Gasteiger partial charge is 0.394 e. The Balaban J connectivity index is 2.99. The van der Waals surface area contributed by atoms with Gasteiger partial charge in [-0.15, -0.1) is 11.8 Å². The van der Waals surface area contributed by atoms with Gasteiger partial charge in [-0.3, -0.25) is 0 Å². The smallest absolute Gasteiger partial charge is 0.136 e. The zero-order valence-electron chi connectivity index (χ0n) is 7.33. The maximum atomic E-state index is 13.0. The topological polar surface area (TPSA) is 46.2 Å². The van der Waals surface area contributed by atoms with Gasteiger partial charge in [0.15, 0.2) is 0 Å². The van der Waals surface area contributed by atoms with E-state index in [9.17, 15) is 4.39 Å². The van der Waals surface area contributed by atoms with E-state index >= 15 is 0 Å². The fourth-order valence-corrected chi connectivity index (χ4v) is 1.53. The summed E-state index contributed by atoms with van der Waals surface area (Å²) in [5, 5.41) is 8.80. The molecule has 0 radical (unpaired) electrons. The van der Waals surface area contributed by atoms with Crippen LogP contribution in [-0.2, 0) is 0 Å². The molecule has 1 rings (SSSR count). The predicted molar refractivity (Wildman–Crippen MR) is 52.2 cm³/mol. The molecule has 0 aliphatic rings. The number of thioether (sulfide) groups is 1. The maximum Gasteiger partial charge on any atom is 0.136 e. The van der Waals surface area contributed by atoms with E-state index in [4.69, 9.17) is 10.8 Å². The minimum atomic E-state index is -0.425. The summed E-state index contributed by atoms with van der Waals surface area (Å²) in [6, 6.07) is 4.21. The Morgan fingerprint density at radius 1 is 1.62 bits per heavy atom. The minimum Gasteiger partial charge on any atom is -0.394 e. The SMILES string of the molecule is CSc1cc(C(N)CO)ccc1F. The zero-order valence-corrected chi connectivity index (χ0v) is 8.14. The molecule has 0 heterocycles. The van der Waals surface area contributed by atoms with Crippen molar-refractivity contribution in [2.75, 3.05) is 12.9 Å². The molecule has 1 atom stereocenters. The van der Waals surface area contributed by atoms with Gasteiger partial charge in [-0.2, -0.15) is 0 Å². The molecule has 0 aliphatic heterocycles. The van der Waals surface area contributed by atoms with Crippen LogP contribution >= 0.6 is 11.8 Å². The molecule has 0 amide bonds. The molecule has 4 heteroatoms. The van der Waals surface area contributed by atoms with E-state index in [1.54, 1.807) is 18.4 Å². The normalized spacial score (nSPS) is 12.9. The lowest BCUT2D eigenvalue weighted by atomic mass is 10.1. The summed E-state index contributed by atoms with van der Waals surface area (Å²) in [6.45, 7) is -0.126. The molecule has 13 heavy (non-hydrogen) atoms. The lowest BCUT2D eigenvalue weighted by Crippen LogP contribution is -2.14. The highest BCUT2D eigenvalue weighted by molar-refractivity contribution is 7.98. The van der Waals surface area contributed by atoms with Crippen LogP contribution in [0.3, 0.4) is 0 Å². The van der Waals surface area contributed by atoms with Gasteiger partial charge in [-0.25, -0.2) is 4.39 Å². The number of hydrogen-bond donors (Lipinski definition) is 2. The molecule has 0 aromatic heterocycles. The molecule has 2 nitrogen and oxygen atoms in total. The molecular formula is C9H12FNOS. The number of rotatable bonds is 3. The number of aliphatic hydroxyl groups excluding tert-OH is 1. The highest BCUT2D eigenvalue weighted by Crippen LogP contribution is 2.22. The lowest BCUT2D eigenvalue weighted by molar-refractivity contribution is 0.268. The van der Waals surface area contributed by atoms with Gasteiger partial charge in [0, 0.05) is 4.90 Å². The Morgan fingerprint density at radius 2 is 2.31 bits per heavy atom. The Bertz CT molecular complexity index is 293. The second-order valence-corrected chi connectivity index (χ2v) is 3.53. The van der Waals surface area contributed by atoms with Crippen molar-refractivity contribution in [3.8, 4) is 0 Å². The van der Waals surface area contributed by atoms with Crippen molar-refractivity contribution >= 4 is 11.8 Å². The van der Waals surface area contributed by atoms with Crippen LogP contribution in [0.4, 0.5) is 4.39 Å². The second-order valence-electron chi connectivity index (χ2n) is 2.68. The summed E-state index contributed by atoms with van der Waals surface area (Å²) in [6.07, 6.45) is 1.80. The van der Waals surface area contributed by atoms with Gasteiger partial charge in [0.2, 0.25) is 0 Å². The molecule has 3 N–H and O–H groups in total. The average molecular weight is 201 g/mol. The Kier molecular flexibility index (Phi) is 3.71. The van der Waals surface area contributed by atoms with Crippen LogP contribution in [0.5, 0.6) is 0 Å². The minimum absolute atomic E-state index is 0.126. The van der Waals surface area contributed by atoms with Crippen molar-refractivity contribution in [2.45, 2.75) is 10.9 Å². The number of benzene rings is 1. The summed E-state index contributed by atoms with van der Waals surface area (Å²) >= 11 is 1.33. The molecule has 0 spiro atoms. The molecule has 1 aromatic rings. The van der Waals surface area contributed by atoms with Crippen molar-refractivity contribution < 1.29 is 9.50 Å². The van der Waals surface area contributed by atoms with Gasteiger partial charge in [0.1, 0.15) is 5.82 Å². The zero-order chi connectivity index (χ0) is 9.84. The van der Waals surface area contributed by atoms with E-state index < -0.39 is 6.04 Å². The van der Waals surface area contributed by atoms with E-state index in [-0.39, 0.29) is 12.4 Å². The van der Waals surface area contributed by atoms with Crippen LogP contribution in [0.25, 0.3) is 0 Å². The Labute approximate surface area is 80.9 Å². The van der Waals surface area contributed by atoms with Gasteiger partial charge >= 0.3 is 0 Å². The lowest BCUT2D eigenvalue weighted by Gasteiger charge is -2.09. The molecule has 1 aromatic carbocycles. The Hall–Kier alpha value is -0.580.